The van der Waals surface area contributed by atoms with Gasteiger partial charge in [-0.05, 0) is 44.5 Å². The van der Waals surface area contributed by atoms with E-state index in [1.165, 1.54) is 53.0 Å². The van der Waals surface area contributed by atoms with E-state index >= 15 is 0 Å². The molecule has 0 aliphatic rings. The first-order chi connectivity index (χ1) is 25.3. The molecule has 0 unspecified atom stereocenters. The van der Waals surface area contributed by atoms with Gasteiger partial charge in [-0.1, -0.05) is 170 Å². The lowest BCUT2D eigenvalue weighted by atomic mass is 9.95. The summed E-state index contributed by atoms with van der Waals surface area (Å²) in [7, 11) is 0. The van der Waals surface area contributed by atoms with E-state index in [0.717, 1.165) is 27.6 Å². The number of aromatic nitrogens is 3. The molecule has 0 radical (unpaired) electrons. The smallest absolute Gasteiger partial charge is 0.164 e. The van der Waals surface area contributed by atoms with Gasteiger partial charge >= 0.3 is 0 Å². The topological polar surface area (TPSA) is 38.7 Å². The molecule has 8 aromatic carbocycles. The average molecular weight is 668 g/mol. The maximum atomic E-state index is 5.18. The Morgan fingerprint density at radius 3 is 1.53 bits per heavy atom. The Morgan fingerprint density at radius 2 is 0.824 bits per heavy atom. The zero-order valence-corrected chi connectivity index (χ0v) is 28.3. The molecule has 0 atom stereocenters. The Labute approximate surface area is 299 Å². The number of hydrogen-bond acceptors (Lipinski definition) is 4. The highest BCUT2D eigenvalue weighted by atomic mass is 32.1. The summed E-state index contributed by atoms with van der Waals surface area (Å²) in [4.78, 5) is 15.3. The number of fused-ring (bicyclic) bond motifs is 7. The number of thiophene rings is 1. The third kappa shape index (κ3) is 5.08. The van der Waals surface area contributed by atoms with E-state index in [-0.39, 0.29) is 0 Å². The summed E-state index contributed by atoms with van der Waals surface area (Å²) in [5.41, 5.74) is 7.73. The maximum Gasteiger partial charge on any atom is 0.164 e. The minimum absolute atomic E-state index is 0.649. The van der Waals surface area contributed by atoms with E-state index in [0.29, 0.717) is 17.5 Å². The van der Waals surface area contributed by atoms with E-state index in [1.807, 2.05) is 35.6 Å². The number of benzene rings is 8. The zero-order chi connectivity index (χ0) is 33.7. The van der Waals surface area contributed by atoms with Gasteiger partial charge < -0.3 is 0 Å². The Morgan fingerprint density at radius 1 is 0.314 bits per heavy atom. The van der Waals surface area contributed by atoms with Gasteiger partial charge in [0.15, 0.2) is 17.5 Å². The summed E-state index contributed by atoms with van der Waals surface area (Å²) >= 11 is 1.89. The van der Waals surface area contributed by atoms with Crippen molar-refractivity contribution < 1.29 is 0 Å². The molecule has 3 nitrogen and oxygen atoms in total. The quantitative estimate of drug-likeness (QED) is 0.171. The fourth-order valence-corrected chi connectivity index (χ4v) is 8.66. The van der Waals surface area contributed by atoms with Gasteiger partial charge in [-0.25, -0.2) is 15.0 Å². The van der Waals surface area contributed by atoms with E-state index in [4.69, 9.17) is 15.0 Å². The van der Waals surface area contributed by atoms with Crippen LogP contribution >= 0.6 is 11.3 Å². The van der Waals surface area contributed by atoms with Crippen LogP contribution in [-0.4, -0.2) is 15.0 Å². The second-order valence-electron chi connectivity index (χ2n) is 12.8. The molecule has 238 valence electrons. The Bertz CT molecular complexity index is 2880. The van der Waals surface area contributed by atoms with Crippen LogP contribution in [-0.2, 0) is 0 Å². The second-order valence-corrected chi connectivity index (χ2v) is 13.8. The summed E-state index contributed by atoms with van der Waals surface area (Å²) in [6, 6.07) is 62.0. The van der Waals surface area contributed by atoms with Gasteiger partial charge in [0.2, 0.25) is 0 Å². The minimum Gasteiger partial charge on any atom is -0.208 e. The lowest BCUT2D eigenvalue weighted by molar-refractivity contribution is 1.08. The van der Waals surface area contributed by atoms with Gasteiger partial charge in [0.25, 0.3) is 0 Å². The molecule has 0 aliphatic heterocycles. The maximum absolute atomic E-state index is 5.18. The van der Waals surface area contributed by atoms with Crippen molar-refractivity contribution in [2.75, 3.05) is 0 Å². The van der Waals surface area contributed by atoms with Crippen molar-refractivity contribution in [3.8, 4) is 56.4 Å². The van der Waals surface area contributed by atoms with E-state index in [1.54, 1.807) is 0 Å². The zero-order valence-electron chi connectivity index (χ0n) is 27.5. The fourth-order valence-electron chi connectivity index (χ4n) is 7.26. The fraction of sp³-hybridized carbons (Fsp3) is 0. The molecular formula is C47H29N3S. The molecule has 10 aromatic rings. The summed E-state index contributed by atoms with van der Waals surface area (Å²) in [6.45, 7) is 0. The standard InChI is InChI=1S/C47H29N3S/c1-4-13-30(14-5-1)31-23-25-34(26-24-31)46-48-45(33-17-8-3-9-18-33)49-47(50-46)41-29-35-27-28-40-39-22-12-21-36(32-15-6-2-7-16-32)43(39)51-44(40)42(35)38-20-11-10-19-37(38)41/h1-29H. The van der Waals surface area contributed by atoms with Crippen LogP contribution in [0.2, 0.25) is 0 Å². The first-order valence-corrected chi connectivity index (χ1v) is 17.9. The molecule has 0 amide bonds. The number of rotatable bonds is 5. The van der Waals surface area contributed by atoms with Crippen LogP contribution in [0, 0.1) is 0 Å². The molecular weight excluding hydrogens is 639 g/mol. The van der Waals surface area contributed by atoms with Crippen molar-refractivity contribution in [3.63, 3.8) is 0 Å². The highest BCUT2D eigenvalue weighted by molar-refractivity contribution is 7.27. The van der Waals surface area contributed by atoms with Crippen molar-refractivity contribution >= 4 is 53.1 Å². The van der Waals surface area contributed by atoms with Crippen LogP contribution in [0.3, 0.4) is 0 Å². The van der Waals surface area contributed by atoms with Gasteiger partial charge in [0.05, 0.1) is 0 Å². The van der Waals surface area contributed by atoms with Gasteiger partial charge in [0.1, 0.15) is 0 Å². The first kappa shape index (κ1) is 29.4. The van der Waals surface area contributed by atoms with Gasteiger partial charge in [-0.15, -0.1) is 11.3 Å². The normalized spacial score (nSPS) is 11.5. The van der Waals surface area contributed by atoms with Crippen LogP contribution < -0.4 is 0 Å². The Kier molecular flexibility index (Phi) is 7.00. The third-order valence-electron chi connectivity index (χ3n) is 9.73. The van der Waals surface area contributed by atoms with Crippen LogP contribution in [0.4, 0.5) is 0 Å². The molecule has 0 N–H and O–H groups in total. The van der Waals surface area contributed by atoms with E-state index < -0.39 is 0 Å². The molecule has 4 heteroatoms. The van der Waals surface area contributed by atoms with Gasteiger partial charge in [-0.2, -0.15) is 0 Å². The monoisotopic (exact) mass is 667 g/mol. The molecule has 0 aliphatic carbocycles. The lowest BCUT2D eigenvalue weighted by Gasteiger charge is -2.13. The number of nitrogens with zero attached hydrogens (tertiary/aromatic N) is 3. The molecule has 2 aromatic heterocycles. The van der Waals surface area contributed by atoms with Crippen molar-refractivity contribution in [3.05, 3.63) is 176 Å². The van der Waals surface area contributed by atoms with Gasteiger partial charge in [-0.3, -0.25) is 0 Å². The van der Waals surface area contributed by atoms with Crippen LogP contribution in [0.15, 0.2) is 176 Å². The second kappa shape index (κ2) is 12.1. The predicted octanol–water partition coefficient (Wildman–Crippen LogP) is 12.9. The van der Waals surface area contributed by atoms with Crippen LogP contribution in [0.5, 0.6) is 0 Å². The summed E-state index contributed by atoms with van der Waals surface area (Å²) in [5.74, 6) is 1.96. The summed E-state index contributed by atoms with van der Waals surface area (Å²) < 4.78 is 2.61. The van der Waals surface area contributed by atoms with Crippen LogP contribution in [0.25, 0.3) is 98.1 Å². The molecule has 0 fully saturated rings. The lowest BCUT2D eigenvalue weighted by Crippen LogP contribution is -2.00. The Hall–Kier alpha value is -6.49. The molecule has 0 saturated heterocycles. The van der Waals surface area contributed by atoms with Gasteiger partial charge in [0, 0.05) is 42.2 Å². The SMILES string of the molecule is c1ccc(-c2ccc(-c3nc(-c4ccccc4)nc(-c4cc5ccc6c7cccc(-c8ccccc8)c7sc6c5c5ccccc45)n3)cc2)cc1. The molecule has 0 spiro atoms. The van der Waals surface area contributed by atoms with Crippen LogP contribution in [0.1, 0.15) is 0 Å². The van der Waals surface area contributed by atoms with E-state index in [2.05, 4.69) is 152 Å². The largest absolute Gasteiger partial charge is 0.208 e. The molecule has 51 heavy (non-hydrogen) atoms. The molecule has 0 saturated carbocycles. The predicted molar refractivity (Wildman–Crippen MR) is 215 cm³/mol. The highest BCUT2D eigenvalue weighted by Gasteiger charge is 2.19. The van der Waals surface area contributed by atoms with Crippen molar-refractivity contribution in [1.29, 1.82) is 0 Å². The molecule has 2 heterocycles. The Balaban J connectivity index is 1.19. The summed E-state index contributed by atoms with van der Waals surface area (Å²) in [5, 5.41) is 7.32. The molecule has 10 rings (SSSR count). The third-order valence-corrected chi connectivity index (χ3v) is 11.0. The average Bonchev–Trinajstić information content (AvgIpc) is 3.60. The van der Waals surface area contributed by atoms with Crippen molar-refractivity contribution in [2.45, 2.75) is 0 Å². The minimum atomic E-state index is 0.649. The molecule has 0 bridgehead atoms. The number of hydrogen-bond donors (Lipinski definition) is 0. The van der Waals surface area contributed by atoms with E-state index in [9.17, 15) is 0 Å². The summed E-state index contributed by atoms with van der Waals surface area (Å²) in [6.07, 6.45) is 0. The first-order valence-electron chi connectivity index (χ1n) is 17.1. The van der Waals surface area contributed by atoms with Crippen molar-refractivity contribution in [1.82, 2.24) is 15.0 Å². The van der Waals surface area contributed by atoms with Crippen molar-refractivity contribution in [2.24, 2.45) is 0 Å². The highest BCUT2D eigenvalue weighted by Crippen LogP contribution is 2.46.